The van der Waals surface area contributed by atoms with E-state index in [2.05, 4.69) is 16.0 Å². The lowest BCUT2D eigenvalue weighted by atomic mass is 10.1. The van der Waals surface area contributed by atoms with Crippen molar-refractivity contribution in [3.05, 3.63) is 0 Å². The van der Waals surface area contributed by atoms with Crippen molar-refractivity contribution in [1.29, 1.82) is 0 Å². The fraction of sp³-hybridized carbons (Fsp3) is 0.765. The van der Waals surface area contributed by atoms with Crippen LogP contribution in [0.3, 0.4) is 0 Å². The van der Waals surface area contributed by atoms with Crippen LogP contribution in [0.25, 0.3) is 0 Å². The van der Waals surface area contributed by atoms with Crippen molar-refractivity contribution in [3.8, 4) is 0 Å². The SMILES string of the molecule is CC(=O)NCSC[C@H](N)C(=O)N[C@@H](CCCCNC(=O)OC(C)(C)C)C(=O)O. The number of carboxylic acid groups (broad SMARTS) is 1. The van der Waals surface area contributed by atoms with E-state index in [1.54, 1.807) is 20.8 Å². The average Bonchev–Trinajstić information content (AvgIpc) is 2.54. The number of nitrogens with two attached hydrogens (primary N) is 1. The summed E-state index contributed by atoms with van der Waals surface area (Å²) in [6.45, 7) is 7.00. The molecular weight excluding hydrogens is 388 g/mol. The smallest absolute Gasteiger partial charge is 0.407 e. The molecule has 28 heavy (non-hydrogen) atoms. The van der Waals surface area contributed by atoms with Crippen LogP contribution in [0.1, 0.15) is 47.0 Å². The summed E-state index contributed by atoms with van der Waals surface area (Å²) in [6, 6.07) is -1.94. The first-order valence-electron chi connectivity index (χ1n) is 9.00. The highest BCUT2D eigenvalue weighted by Gasteiger charge is 2.23. The van der Waals surface area contributed by atoms with Crippen LogP contribution in [0.2, 0.25) is 0 Å². The lowest BCUT2D eigenvalue weighted by Crippen LogP contribution is -2.49. The molecule has 0 heterocycles. The molecular formula is C17H32N4O6S. The number of alkyl carbamates (subject to hydrolysis) is 1. The number of carboxylic acids is 1. The Kier molecular flexibility index (Phi) is 12.3. The highest BCUT2D eigenvalue weighted by molar-refractivity contribution is 7.99. The molecule has 2 atom stereocenters. The van der Waals surface area contributed by atoms with E-state index in [0.29, 0.717) is 25.3 Å². The first kappa shape index (κ1) is 26.0. The Labute approximate surface area is 169 Å². The fourth-order valence-electron chi connectivity index (χ4n) is 1.93. The zero-order valence-corrected chi connectivity index (χ0v) is 17.7. The molecule has 0 aromatic heterocycles. The van der Waals surface area contributed by atoms with Gasteiger partial charge in [0.1, 0.15) is 11.6 Å². The van der Waals surface area contributed by atoms with Gasteiger partial charge in [-0.1, -0.05) is 0 Å². The predicted octanol–water partition coefficient (Wildman–Crippen LogP) is 0.405. The Bertz CT molecular complexity index is 538. The van der Waals surface area contributed by atoms with E-state index in [4.69, 9.17) is 10.5 Å². The molecule has 0 aliphatic heterocycles. The number of unbranched alkanes of at least 4 members (excludes halogenated alkanes) is 1. The number of thioether (sulfide) groups is 1. The van der Waals surface area contributed by atoms with Crippen molar-refractivity contribution in [2.45, 2.75) is 64.6 Å². The number of hydrogen-bond donors (Lipinski definition) is 5. The van der Waals surface area contributed by atoms with Gasteiger partial charge in [0.2, 0.25) is 11.8 Å². The first-order chi connectivity index (χ1) is 12.9. The fourth-order valence-corrected chi connectivity index (χ4v) is 2.76. The maximum Gasteiger partial charge on any atom is 0.407 e. The van der Waals surface area contributed by atoms with E-state index < -0.39 is 35.7 Å². The molecule has 162 valence electrons. The lowest BCUT2D eigenvalue weighted by molar-refractivity contribution is -0.142. The van der Waals surface area contributed by atoms with Crippen LogP contribution in [0.4, 0.5) is 4.79 Å². The second-order valence-electron chi connectivity index (χ2n) is 7.18. The lowest BCUT2D eigenvalue weighted by Gasteiger charge is -2.20. The largest absolute Gasteiger partial charge is 0.480 e. The summed E-state index contributed by atoms with van der Waals surface area (Å²) in [5, 5.41) is 16.8. The molecule has 0 aliphatic carbocycles. The number of hydrogen-bond acceptors (Lipinski definition) is 7. The molecule has 11 heteroatoms. The maximum absolute atomic E-state index is 12.0. The van der Waals surface area contributed by atoms with Crippen LogP contribution in [-0.2, 0) is 19.1 Å². The van der Waals surface area contributed by atoms with Gasteiger partial charge in [0.25, 0.3) is 0 Å². The summed E-state index contributed by atoms with van der Waals surface area (Å²) < 4.78 is 5.10. The van der Waals surface area contributed by atoms with Gasteiger partial charge >= 0.3 is 12.1 Å². The number of ether oxygens (including phenoxy) is 1. The molecule has 0 aromatic rings. The van der Waals surface area contributed by atoms with Crippen LogP contribution < -0.4 is 21.7 Å². The molecule has 6 N–H and O–H groups in total. The predicted molar refractivity (Wildman–Crippen MR) is 107 cm³/mol. The monoisotopic (exact) mass is 420 g/mol. The Balaban J connectivity index is 4.14. The third kappa shape index (κ3) is 14.1. The molecule has 3 amide bonds. The van der Waals surface area contributed by atoms with Gasteiger partial charge in [-0.15, -0.1) is 11.8 Å². The molecule has 0 fully saturated rings. The second kappa shape index (κ2) is 13.2. The van der Waals surface area contributed by atoms with Crippen LogP contribution in [0, 0.1) is 0 Å². The Morgan fingerprint density at radius 2 is 1.79 bits per heavy atom. The summed E-state index contributed by atoms with van der Waals surface area (Å²) in [6.07, 6.45) is 0.707. The van der Waals surface area contributed by atoms with Gasteiger partial charge in [-0.3, -0.25) is 9.59 Å². The van der Waals surface area contributed by atoms with Gasteiger partial charge in [0, 0.05) is 19.2 Å². The Morgan fingerprint density at radius 3 is 2.32 bits per heavy atom. The quantitative estimate of drug-likeness (QED) is 0.224. The molecule has 0 spiro atoms. The topological polar surface area (TPSA) is 160 Å². The number of amides is 3. The van der Waals surface area contributed by atoms with E-state index in [1.165, 1.54) is 18.7 Å². The maximum atomic E-state index is 12.0. The van der Waals surface area contributed by atoms with Crippen LogP contribution in [-0.4, -0.2) is 64.8 Å². The summed E-state index contributed by atoms with van der Waals surface area (Å²) in [5.74, 6) is -1.32. The normalized spacial score (nSPS) is 13.2. The number of aliphatic carboxylic acids is 1. The highest BCUT2D eigenvalue weighted by Crippen LogP contribution is 2.07. The number of carbonyl (C=O) groups excluding carboxylic acids is 3. The standard InChI is InChI=1S/C17H32N4O6S/c1-11(22)20-10-28-9-12(18)14(23)21-13(15(24)25)7-5-6-8-19-16(26)27-17(2,3)4/h12-13H,5-10,18H2,1-4H3,(H,19,26)(H,20,22)(H,21,23)(H,24,25)/t12-,13-/m0/s1. The van der Waals surface area contributed by atoms with Crippen molar-refractivity contribution < 1.29 is 29.0 Å². The third-order valence-corrected chi connectivity index (χ3v) is 4.20. The minimum absolute atomic E-state index is 0.183. The number of nitrogens with one attached hydrogen (secondary N) is 3. The molecule has 0 rings (SSSR count). The van der Waals surface area contributed by atoms with Crippen LogP contribution >= 0.6 is 11.8 Å². The van der Waals surface area contributed by atoms with Gasteiger partial charge in [0.05, 0.1) is 11.9 Å². The van der Waals surface area contributed by atoms with E-state index >= 15 is 0 Å². The van der Waals surface area contributed by atoms with Gasteiger partial charge in [-0.05, 0) is 40.0 Å². The highest BCUT2D eigenvalue weighted by atomic mass is 32.2. The molecule has 0 bridgehead atoms. The summed E-state index contributed by atoms with van der Waals surface area (Å²) in [7, 11) is 0. The van der Waals surface area contributed by atoms with E-state index in [1.807, 2.05) is 0 Å². The van der Waals surface area contributed by atoms with Gasteiger partial charge in [0.15, 0.2) is 0 Å². The Morgan fingerprint density at radius 1 is 1.14 bits per heavy atom. The van der Waals surface area contributed by atoms with Gasteiger partial charge in [-0.2, -0.15) is 0 Å². The molecule has 0 aromatic carbocycles. The minimum Gasteiger partial charge on any atom is -0.480 e. The number of carbonyl (C=O) groups is 4. The van der Waals surface area contributed by atoms with E-state index in [-0.39, 0.29) is 18.1 Å². The minimum atomic E-state index is -1.15. The van der Waals surface area contributed by atoms with Crippen molar-refractivity contribution in [2.24, 2.45) is 5.73 Å². The number of rotatable bonds is 12. The van der Waals surface area contributed by atoms with Crippen LogP contribution in [0.15, 0.2) is 0 Å². The van der Waals surface area contributed by atoms with Crippen molar-refractivity contribution >= 4 is 35.6 Å². The summed E-state index contributed by atoms with van der Waals surface area (Å²) >= 11 is 1.27. The molecule has 0 unspecified atom stereocenters. The van der Waals surface area contributed by atoms with E-state index in [9.17, 15) is 24.3 Å². The molecule has 0 saturated carbocycles. The van der Waals surface area contributed by atoms with Crippen molar-refractivity contribution in [1.82, 2.24) is 16.0 Å². The third-order valence-electron chi connectivity index (χ3n) is 3.26. The van der Waals surface area contributed by atoms with Gasteiger partial charge in [-0.25, -0.2) is 9.59 Å². The molecule has 0 saturated heterocycles. The molecule has 10 nitrogen and oxygen atoms in total. The van der Waals surface area contributed by atoms with E-state index in [0.717, 1.165) is 0 Å². The second-order valence-corrected chi connectivity index (χ2v) is 8.21. The zero-order valence-electron chi connectivity index (χ0n) is 16.9. The van der Waals surface area contributed by atoms with Crippen LogP contribution in [0.5, 0.6) is 0 Å². The van der Waals surface area contributed by atoms with Crippen molar-refractivity contribution in [2.75, 3.05) is 18.2 Å². The zero-order chi connectivity index (χ0) is 21.7. The Hall–Kier alpha value is -2.01. The first-order valence-corrected chi connectivity index (χ1v) is 10.2. The van der Waals surface area contributed by atoms with Gasteiger partial charge < -0.3 is 31.5 Å². The average molecular weight is 421 g/mol. The molecule has 0 aliphatic rings. The molecule has 0 radical (unpaired) electrons. The van der Waals surface area contributed by atoms with Crippen molar-refractivity contribution in [3.63, 3.8) is 0 Å². The summed E-state index contributed by atoms with van der Waals surface area (Å²) in [4.78, 5) is 45.6. The summed E-state index contributed by atoms with van der Waals surface area (Å²) in [5.41, 5.74) is 5.16.